The SMILES string of the molecule is O=S(=O)(OC(CF)c1cc(Cl)cc(Cl)c1)C(F)(F)F. The zero-order valence-corrected chi connectivity index (χ0v) is 11.2. The van der Waals surface area contributed by atoms with E-state index in [0.29, 0.717) is 0 Å². The quantitative estimate of drug-likeness (QED) is 0.474. The van der Waals surface area contributed by atoms with Crippen LogP contribution in [0.4, 0.5) is 17.6 Å². The summed E-state index contributed by atoms with van der Waals surface area (Å²) in [6.45, 7) is -1.49. The third-order valence-corrected chi connectivity index (χ3v) is 3.41. The van der Waals surface area contributed by atoms with E-state index in [1.807, 2.05) is 0 Å². The number of hydrogen-bond acceptors (Lipinski definition) is 3. The fourth-order valence-corrected chi connectivity index (χ4v) is 2.26. The van der Waals surface area contributed by atoms with Gasteiger partial charge in [0, 0.05) is 10.0 Å². The number of halogens is 6. The van der Waals surface area contributed by atoms with Gasteiger partial charge in [0.05, 0.1) is 0 Å². The lowest BCUT2D eigenvalue weighted by Crippen LogP contribution is -2.27. The Hall–Kier alpha value is -0.570. The molecule has 0 N–H and O–H groups in total. The molecule has 1 atom stereocenters. The van der Waals surface area contributed by atoms with Crippen LogP contribution in [0.25, 0.3) is 0 Å². The maximum atomic E-state index is 12.7. The molecule has 1 rings (SSSR count). The van der Waals surface area contributed by atoms with Crippen molar-refractivity contribution < 1.29 is 30.2 Å². The third-order valence-electron chi connectivity index (χ3n) is 1.92. The van der Waals surface area contributed by atoms with Gasteiger partial charge in [0.25, 0.3) is 0 Å². The van der Waals surface area contributed by atoms with Crippen LogP contribution >= 0.6 is 23.2 Å². The molecule has 0 heterocycles. The first-order valence-corrected chi connectivity index (χ1v) is 6.75. The Morgan fingerprint density at radius 2 is 1.63 bits per heavy atom. The van der Waals surface area contributed by atoms with Gasteiger partial charge in [-0.05, 0) is 23.8 Å². The second kappa shape index (κ2) is 5.82. The Kier molecular flexibility index (Phi) is 5.05. The van der Waals surface area contributed by atoms with Crippen LogP contribution in [0.1, 0.15) is 11.7 Å². The highest BCUT2D eigenvalue weighted by Gasteiger charge is 2.48. The average Bonchev–Trinajstić information content (AvgIpc) is 2.22. The van der Waals surface area contributed by atoms with Crippen molar-refractivity contribution in [2.75, 3.05) is 6.67 Å². The largest absolute Gasteiger partial charge is 0.523 e. The molecule has 0 saturated heterocycles. The van der Waals surface area contributed by atoms with E-state index in [1.165, 1.54) is 6.07 Å². The molecule has 10 heteroatoms. The molecule has 108 valence electrons. The maximum absolute atomic E-state index is 12.7. The number of hydrogen-bond donors (Lipinski definition) is 0. The molecular formula is C9H6Cl2F4O3S. The summed E-state index contributed by atoms with van der Waals surface area (Å²) in [7, 11) is -5.91. The van der Waals surface area contributed by atoms with Crippen LogP contribution in [0, 0.1) is 0 Å². The molecule has 0 bridgehead atoms. The maximum Gasteiger partial charge on any atom is 0.523 e. The van der Waals surface area contributed by atoms with Gasteiger partial charge in [0.2, 0.25) is 0 Å². The summed E-state index contributed by atoms with van der Waals surface area (Å²) in [5.41, 5.74) is -5.85. The summed E-state index contributed by atoms with van der Waals surface area (Å²) in [6.07, 6.45) is -1.97. The molecule has 0 aromatic heterocycles. The van der Waals surface area contributed by atoms with Crippen LogP contribution in [-0.2, 0) is 14.3 Å². The topological polar surface area (TPSA) is 43.4 Å². The van der Waals surface area contributed by atoms with Crippen LogP contribution in [-0.4, -0.2) is 20.6 Å². The third kappa shape index (κ3) is 4.20. The Morgan fingerprint density at radius 1 is 1.16 bits per heavy atom. The van der Waals surface area contributed by atoms with Gasteiger partial charge in [0.15, 0.2) is 0 Å². The van der Waals surface area contributed by atoms with Crippen molar-refractivity contribution in [1.29, 1.82) is 0 Å². The highest BCUT2D eigenvalue weighted by Crippen LogP contribution is 2.32. The number of rotatable bonds is 4. The summed E-state index contributed by atoms with van der Waals surface area (Å²) in [5, 5.41) is 0.0166. The number of alkyl halides is 4. The zero-order chi connectivity index (χ0) is 14.8. The van der Waals surface area contributed by atoms with E-state index in [4.69, 9.17) is 23.2 Å². The molecule has 0 aliphatic carbocycles. The van der Waals surface area contributed by atoms with Gasteiger partial charge >= 0.3 is 15.6 Å². The van der Waals surface area contributed by atoms with Crippen LogP contribution in [0.5, 0.6) is 0 Å². The molecule has 0 spiro atoms. The highest BCUT2D eigenvalue weighted by atomic mass is 35.5. The van der Waals surface area contributed by atoms with Crippen LogP contribution in [0.15, 0.2) is 18.2 Å². The van der Waals surface area contributed by atoms with Gasteiger partial charge in [-0.2, -0.15) is 21.6 Å². The Balaban J connectivity index is 3.09. The van der Waals surface area contributed by atoms with Gasteiger partial charge in [-0.1, -0.05) is 23.2 Å². The molecule has 1 aromatic carbocycles. The van der Waals surface area contributed by atoms with E-state index in [-0.39, 0.29) is 15.6 Å². The van der Waals surface area contributed by atoms with Crippen molar-refractivity contribution >= 4 is 33.3 Å². The summed E-state index contributed by atoms with van der Waals surface area (Å²) >= 11 is 11.2. The summed E-state index contributed by atoms with van der Waals surface area (Å²) in [5.74, 6) is 0. The molecule has 19 heavy (non-hydrogen) atoms. The van der Waals surface area contributed by atoms with E-state index in [2.05, 4.69) is 4.18 Å². The van der Waals surface area contributed by atoms with Crippen LogP contribution in [0.2, 0.25) is 10.0 Å². The zero-order valence-electron chi connectivity index (χ0n) is 8.92. The molecular weight excluding hydrogens is 335 g/mol. The fraction of sp³-hybridized carbons (Fsp3) is 0.333. The minimum atomic E-state index is -5.91. The van der Waals surface area contributed by atoms with Gasteiger partial charge in [-0.3, -0.25) is 4.18 Å². The molecule has 1 aromatic rings. The monoisotopic (exact) mass is 340 g/mol. The summed E-state index contributed by atoms with van der Waals surface area (Å²) in [6, 6.07) is 3.37. The molecule has 0 radical (unpaired) electrons. The Bertz CT molecular complexity index is 539. The fourth-order valence-electron chi connectivity index (χ4n) is 1.14. The Morgan fingerprint density at radius 3 is 2.00 bits per heavy atom. The minimum Gasteiger partial charge on any atom is -0.252 e. The first-order valence-electron chi connectivity index (χ1n) is 4.58. The standard InChI is InChI=1S/C9H6Cl2F4O3S/c10-6-1-5(2-7(11)3-6)8(4-12)18-19(16,17)9(13,14)15/h1-3,8H,4H2. The van der Waals surface area contributed by atoms with Gasteiger partial charge in [0.1, 0.15) is 12.8 Å². The predicted molar refractivity (Wildman–Crippen MR) is 61.2 cm³/mol. The van der Waals surface area contributed by atoms with E-state index in [1.54, 1.807) is 0 Å². The molecule has 0 saturated carbocycles. The first-order chi connectivity index (χ1) is 8.56. The van der Waals surface area contributed by atoms with E-state index in [9.17, 15) is 26.0 Å². The van der Waals surface area contributed by atoms with E-state index in [0.717, 1.165) is 12.1 Å². The van der Waals surface area contributed by atoms with Gasteiger partial charge < -0.3 is 0 Å². The molecule has 0 amide bonds. The lowest BCUT2D eigenvalue weighted by Gasteiger charge is -2.16. The van der Waals surface area contributed by atoms with E-state index < -0.39 is 28.4 Å². The minimum absolute atomic E-state index is 0.00829. The normalized spacial score (nSPS) is 14.4. The average molecular weight is 341 g/mol. The lowest BCUT2D eigenvalue weighted by molar-refractivity contribution is -0.0581. The molecule has 1 unspecified atom stereocenters. The summed E-state index contributed by atoms with van der Waals surface area (Å²) in [4.78, 5) is 0. The number of benzene rings is 1. The first kappa shape index (κ1) is 16.5. The van der Waals surface area contributed by atoms with Gasteiger partial charge in [-0.15, -0.1) is 0 Å². The van der Waals surface area contributed by atoms with Crippen LogP contribution in [0.3, 0.4) is 0 Å². The highest BCUT2D eigenvalue weighted by molar-refractivity contribution is 7.87. The predicted octanol–water partition coefficient (Wildman–Crippen LogP) is 3.87. The van der Waals surface area contributed by atoms with Crippen molar-refractivity contribution in [2.24, 2.45) is 0 Å². The van der Waals surface area contributed by atoms with Crippen molar-refractivity contribution in [3.8, 4) is 0 Å². The van der Waals surface area contributed by atoms with Crippen molar-refractivity contribution in [1.82, 2.24) is 0 Å². The summed E-state index contributed by atoms with van der Waals surface area (Å²) < 4.78 is 74.4. The van der Waals surface area contributed by atoms with Crippen molar-refractivity contribution in [3.63, 3.8) is 0 Å². The molecule has 0 fully saturated rings. The van der Waals surface area contributed by atoms with Crippen molar-refractivity contribution in [3.05, 3.63) is 33.8 Å². The van der Waals surface area contributed by atoms with Crippen molar-refractivity contribution in [2.45, 2.75) is 11.6 Å². The molecule has 0 aliphatic rings. The van der Waals surface area contributed by atoms with E-state index >= 15 is 0 Å². The van der Waals surface area contributed by atoms with Gasteiger partial charge in [-0.25, -0.2) is 4.39 Å². The van der Waals surface area contributed by atoms with Crippen LogP contribution < -0.4 is 0 Å². The Labute approximate surface area is 116 Å². The second-order valence-electron chi connectivity index (χ2n) is 3.34. The lowest BCUT2D eigenvalue weighted by atomic mass is 10.1. The molecule has 0 aliphatic heterocycles. The molecule has 3 nitrogen and oxygen atoms in total. The second-order valence-corrected chi connectivity index (χ2v) is 5.78. The smallest absolute Gasteiger partial charge is 0.252 e.